The quantitative estimate of drug-likeness (QED) is 0.524. The second-order valence-electron chi connectivity index (χ2n) is 5.02. The molecule has 0 fully saturated rings. The number of carbonyl (C=O) groups is 2. The monoisotopic (exact) mass is 344 g/mol. The Bertz CT molecular complexity index is 926. The number of esters is 1. The molecule has 1 aromatic carbocycles. The minimum atomic E-state index is -0.402. The fourth-order valence-electron chi connectivity index (χ4n) is 2.60. The topological polar surface area (TPSA) is 69.9 Å². The smallest absolute Gasteiger partial charge is 0.350 e. The predicted molar refractivity (Wildman–Crippen MR) is 91.1 cm³/mol. The van der Waals surface area contributed by atoms with E-state index in [0.29, 0.717) is 39.3 Å². The number of fused-ring (bicyclic) bond motifs is 1. The van der Waals surface area contributed by atoms with Crippen LogP contribution < -0.4 is 4.74 Å². The van der Waals surface area contributed by atoms with Crippen LogP contribution in [0.5, 0.6) is 5.75 Å². The van der Waals surface area contributed by atoms with Gasteiger partial charge in [-0.1, -0.05) is 23.5 Å². The van der Waals surface area contributed by atoms with Gasteiger partial charge in [-0.25, -0.2) is 9.78 Å². The molecule has 0 aliphatic heterocycles. The summed E-state index contributed by atoms with van der Waals surface area (Å²) in [6.45, 7) is 3.82. The minimum absolute atomic E-state index is 0.297. The molecular weight excluding hydrogens is 328 g/mol. The number of aryl methyl sites for hydroxylation is 1. The highest BCUT2D eigenvalue weighted by Gasteiger charge is 2.24. The lowest BCUT2D eigenvalue weighted by Crippen LogP contribution is -2.05. The highest BCUT2D eigenvalue weighted by Crippen LogP contribution is 2.34. The molecule has 2 heterocycles. The number of aldehydes is 1. The summed E-state index contributed by atoms with van der Waals surface area (Å²) in [6, 6.07) is 7.37. The van der Waals surface area contributed by atoms with Crippen LogP contribution in [0.3, 0.4) is 0 Å². The number of benzene rings is 1. The summed E-state index contributed by atoms with van der Waals surface area (Å²) in [4.78, 5) is 29.3. The number of ether oxygens (including phenoxy) is 2. The summed E-state index contributed by atoms with van der Waals surface area (Å²) < 4.78 is 12.1. The van der Waals surface area contributed by atoms with Crippen molar-refractivity contribution in [2.75, 3.05) is 13.7 Å². The van der Waals surface area contributed by atoms with Crippen molar-refractivity contribution in [3.63, 3.8) is 0 Å². The summed E-state index contributed by atoms with van der Waals surface area (Å²) in [5.74, 6) is 0.232. The normalized spacial score (nSPS) is 10.8. The van der Waals surface area contributed by atoms with Gasteiger partial charge in [0.15, 0.2) is 11.2 Å². The minimum Gasteiger partial charge on any atom is -0.496 e. The van der Waals surface area contributed by atoms with Gasteiger partial charge in [-0.2, -0.15) is 0 Å². The number of imidazole rings is 1. The van der Waals surface area contributed by atoms with Gasteiger partial charge in [0.2, 0.25) is 0 Å². The molecule has 0 saturated heterocycles. The van der Waals surface area contributed by atoms with Gasteiger partial charge in [-0.3, -0.25) is 9.20 Å². The zero-order valence-corrected chi connectivity index (χ0v) is 14.3. The first-order chi connectivity index (χ1) is 11.6. The average Bonchev–Trinajstić information content (AvgIpc) is 3.11. The largest absolute Gasteiger partial charge is 0.496 e. The Hall–Kier alpha value is -2.67. The third-order valence-corrected chi connectivity index (χ3v) is 4.80. The molecule has 0 atom stereocenters. The SMILES string of the molecule is CCOC(=O)c1sc2nc(-c3ccccc3OC)c(C=O)n2c1C. The van der Waals surface area contributed by atoms with Crippen molar-refractivity contribution in [3.05, 3.63) is 40.5 Å². The first kappa shape index (κ1) is 16.2. The number of hydrogen-bond donors (Lipinski definition) is 0. The highest BCUT2D eigenvalue weighted by atomic mass is 32.1. The van der Waals surface area contributed by atoms with Crippen molar-refractivity contribution in [2.45, 2.75) is 13.8 Å². The number of methoxy groups -OCH3 is 1. The van der Waals surface area contributed by atoms with Crippen LogP contribution in [-0.2, 0) is 4.74 Å². The van der Waals surface area contributed by atoms with Crippen LogP contribution in [0.2, 0.25) is 0 Å². The van der Waals surface area contributed by atoms with E-state index in [2.05, 4.69) is 4.98 Å². The fraction of sp³-hybridized carbons (Fsp3) is 0.235. The molecule has 0 amide bonds. The van der Waals surface area contributed by atoms with Gasteiger partial charge >= 0.3 is 5.97 Å². The molecule has 3 aromatic rings. The molecule has 0 bridgehead atoms. The first-order valence-electron chi connectivity index (χ1n) is 7.39. The van der Waals surface area contributed by atoms with Crippen LogP contribution in [0.1, 0.15) is 32.8 Å². The molecule has 0 N–H and O–H groups in total. The van der Waals surface area contributed by atoms with E-state index in [1.54, 1.807) is 25.4 Å². The van der Waals surface area contributed by atoms with Crippen molar-refractivity contribution in [1.82, 2.24) is 9.38 Å². The number of aromatic nitrogens is 2. The van der Waals surface area contributed by atoms with Gasteiger partial charge in [-0.05, 0) is 26.0 Å². The third-order valence-electron chi connectivity index (χ3n) is 3.67. The lowest BCUT2D eigenvalue weighted by Gasteiger charge is -2.06. The maximum Gasteiger partial charge on any atom is 0.350 e. The lowest BCUT2D eigenvalue weighted by molar-refractivity contribution is 0.0530. The Labute approximate surface area is 142 Å². The molecule has 0 spiro atoms. The zero-order chi connectivity index (χ0) is 17.3. The van der Waals surface area contributed by atoms with E-state index >= 15 is 0 Å². The molecule has 0 aliphatic carbocycles. The first-order valence-corrected chi connectivity index (χ1v) is 8.21. The van der Waals surface area contributed by atoms with Crippen LogP contribution in [0, 0.1) is 6.92 Å². The third kappa shape index (κ3) is 2.46. The van der Waals surface area contributed by atoms with E-state index in [0.717, 1.165) is 11.8 Å². The second-order valence-corrected chi connectivity index (χ2v) is 6.00. The van der Waals surface area contributed by atoms with Gasteiger partial charge in [0, 0.05) is 11.3 Å². The van der Waals surface area contributed by atoms with Crippen molar-refractivity contribution >= 4 is 28.6 Å². The summed E-state index contributed by atoms with van der Waals surface area (Å²) in [6.07, 6.45) is 0.746. The summed E-state index contributed by atoms with van der Waals surface area (Å²) >= 11 is 1.21. The van der Waals surface area contributed by atoms with E-state index in [1.165, 1.54) is 11.3 Å². The Kier molecular flexibility index (Phi) is 4.35. The summed E-state index contributed by atoms with van der Waals surface area (Å²) in [5.41, 5.74) is 2.30. The van der Waals surface area contributed by atoms with Gasteiger partial charge in [0.25, 0.3) is 0 Å². The molecule has 3 rings (SSSR count). The van der Waals surface area contributed by atoms with Crippen molar-refractivity contribution < 1.29 is 19.1 Å². The fourth-order valence-corrected chi connectivity index (χ4v) is 3.63. The highest BCUT2D eigenvalue weighted by molar-refractivity contribution is 7.19. The Morgan fingerprint density at radius 2 is 2.12 bits per heavy atom. The van der Waals surface area contributed by atoms with Crippen LogP contribution in [0.15, 0.2) is 24.3 Å². The number of nitrogens with zero attached hydrogens (tertiary/aromatic N) is 2. The number of para-hydroxylation sites is 1. The van der Waals surface area contributed by atoms with E-state index in [4.69, 9.17) is 9.47 Å². The summed E-state index contributed by atoms with van der Waals surface area (Å²) in [5, 5.41) is 0. The van der Waals surface area contributed by atoms with Crippen molar-refractivity contribution in [1.29, 1.82) is 0 Å². The van der Waals surface area contributed by atoms with Crippen molar-refractivity contribution in [2.24, 2.45) is 0 Å². The Morgan fingerprint density at radius 3 is 2.79 bits per heavy atom. The Morgan fingerprint density at radius 1 is 1.38 bits per heavy atom. The van der Waals surface area contributed by atoms with Crippen LogP contribution >= 0.6 is 11.3 Å². The molecule has 24 heavy (non-hydrogen) atoms. The van der Waals surface area contributed by atoms with Crippen LogP contribution in [0.4, 0.5) is 0 Å². The maximum absolute atomic E-state index is 12.0. The number of thiazole rings is 1. The number of carbonyl (C=O) groups excluding carboxylic acids is 2. The molecule has 0 aliphatic rings. The van der Waals surface area contributed by atoms with Gasteiger partial charge in [0.05, 0.1) is 13.7 Å². The number of rotatable bonds is 5. The molecule has 0 saturated carbocycles. The number of hydrogen-bond acceptors (Lipinski definition) is 6. The summed E-state index contributed by atoms with van der Waals surface area (Å²) in [7, 11) is 1.57. The van der Waals surface area contributed by atoms with Gasteiger partial charge in [-0.15, -0.1) is 0 Å². The van der Waals surface area contributed by atoms with E-state index in [9.17, 15) is 9.59 Å². The lowest BCUT2D eigenvalue weighted by atomic mass is 10.1. The van der Waals surface area contributed by atoms with E-state index in [1.807, 2.05) is 24.3 Å². The second kappa shape index (κ2) is 6.45. The predicted octanol–water partition coefficient (Wildman–Crippen LogP) is 3.37. The molecule has 2 aromatic heterocycles. The Balaban J connectivity index is 2.22. The van der Waals surface area contributed by atoms with Crippen LogP contribution in [0.25, 0.3) is 16.2 Å². The standard InChI is InChI=1S/C17H16N2O4S/c1-4-23-16(21)15-10(2)19-12(9-20)14(18-17(19)24-15)11-7-5-6-8-13(11)22-3/h5-9H,4H2,1-3H3. The average molecular weight is 344 g/mol. The van der Waals surface area contributed by atoms with Crippen molar-refractivity contribution in [3.8, 4) is 17.0 Å². The van der Waals surface area contributed by atoms with Gasteiger partial charge in [0.1, 0.15) is 22.0 Å². The molecule has 0 radical (unpaired) electrons. The zero-order valence-electron chi connectivity index (χ0n) is 13.5. The van der Waals surface area contributed by atoms with E-state index < -0.39 is 5.97 Å². The van der Waals surface area contributed by atoms with Crippen LogP contribution in [-0.4, -0.2) is 35.4 Å². The maximum atomic E-state index is 12.0. The molecule has 6 nitrogen and oxygen atoms in total. The molecular formula is C17H16N2O4S. The van der Waals surface area contributed by atoms with Gasteiger partial charge < -0.3 is 9.47 Å². The van der Waals surface area contributed by atoms with E-state index in [-0.39, 0.29) is 0 Å². The molecule has 124 valence electrons. The molecule has 7 heteroatoms. The molecule has 0 unspecified atom stereocenters.